The van der Waals surface area contributed by atoms with Crippen LogP contribution in [0.3, 0.4) is 0 Å². The number of methoxy groups -OCH3 is 1. The number of aliphatic hydroxyl groups is 1. The maximum Gasteiger partial charge on any atom is 0.295 e. The van der Waals surface area contributed by atoms with E-state index in [1.165, 1.54) is 21.9 Å². The van der Waals surface area contributed by atoms with Gasteiger partial charge in [0.25, 0.3) is 11.7 Å². The normalized spacial score (nSPS) is 18.1. The Morgan fingerprint density at radius 1 is 1.16 bits per heavy atom. The zero-order chi connectivity index (χ0) is 22.7. The third kappa shape index (κ3) is 4.61. The highest BCUT2D eigenvalue weighted by molar-refractivity contribution is 6.46. The number of likely N-dealkylation sites (tertiary alicyclic amines) is 1. The number of Topliss-reactive ketones (excluding diaryl/α,β-unsaturated/α-hetero) is 1. The molecule has 1 saturated heterocycles. The zero-order valence-corrected chi connectivity index (χ0v) is 18.2. The monoisotopic (exact) mass is 427 g/mol. The summed E-state index contributed by atoms with van der Waals surface area (Å²) in [4.78, 5) is 28.5. The molecule has 1 atom stereocenters. The van der Waals surface area contributed by atoms with E-state index >= 15 is 0 Å². The number of aryl methyl sites for hydroxylation is 1. The van der Waals surface area contributed by atoms with Crippen molar-refractivity contribution in [3.8, 4) is 5.75 Å². The summed E-state index contributed by atoms with van der Waals surface area (Å²) in [6, 6.07) is 9.94. The van der Waals surface area contributed by atoms with E-state index in [2.05, 4.69) is 0 Å². The molecule has 7 heteroatoms. The Balaban J connectivity index is 2.10. The first-order valence-corrected chi connectivity index (χ1v) is 10.2. The molecular formula is C24H28FN2O4+. The fourth-order valence-electron chi connectivity index (χ4n) is 3.89. The zero-order valence-electron chi connectivity index (χ0n) is 18.2. The fraction of sp³-hybridized carbons (Fsp3) is 0.333. The van der Waals surface area contributed by atoms with Gasteiger partial charge in [0, 0.05) is 18.5 Å². The van der Waals surface area contributed by atoms with Gasteiger partial charge in [0.1, 0.15) is 17.3 Å². The number of quaternary nitrogens is 1. The molecule has 1 aliphatic rings. The topological polar surface area (TPSA) is 71.3 Å². The van der Waals surface area contributed by atoms with Gasteiger partial charge in [0.05, 0.1) is 39.4 Å². The van der Waals surface area contributed by atoms with Crippen molar-refractivity contribution in [1.82, 2.24) is 4.90 Å². The first-order chi connectivity index (χ1) is 14.7. The lowest BCUT2D eigenvalue weighted by Gasteiger charge is -2.25. The number of nitrogens with one attached hydrogen (secondary N) is 1. The predicted molar refractivity (Wildman–Crippen MR) is 115 cm³/mol. The van der Waals surface area contributed by atoms with Crippen LogP contribution in [0.25, 0.3) is 5.76 Å². The highest BCUT2D eigenvalue weighted by Gasteiger charge is 2.45. The van der Waals surface area contributed by atoms with Gasteiger partial charge in [-0.25, -0.2) is 4.39 Å². The fourth-order valence-corrected chi connectivity index (χ4v) is 3.89. The van der Waals surface area contributed by atoms with E-state index in [9.17, 15) is 19.1 Å². The molecule has 2 aromatic rings. The Kier molecular flexibility index (Phi) is 6.75. The van der Waals surface area contributed by atoms with Gasteiger partial charge in [-0.2, -0.15) is 0 Å². The third-order valence-electron chi connectivity index (χ3n) is 5.47. The number of amides is 1. The number of benzene rings is 2. The molecule has 1 fully saturated rings. The molecule has 6 nitrogen and oxygen atoms in total. The van der Waals surface area contributed by atoms with Crippen LogP contribution in [-0.2, 0) is 9.59 Å². The minimum atomic E-state index is -0.778. The van der Waals surface area contributed by atoms with Gasteiger partial charge in [-0.3, -0.25) is 9.59 Å². The summed E-state index contributed by atoms with van der Waals surface area (Å²) in [6.45, 7) is 3.00. The maximum atomic E-state index is 13.5. The summed E-state index contributed by atoms with van der Waals surface area (Å²) in [5.74, 6) is -1.41. The van der Waals surface area contributed by atoms with Crippen molar-refractivity contribution in [1.29, 1.82) is 0 Å². The van der Waals surface area contributed by atoms with E-state index in [0.717, 1.165) is 12.1 Å². The van der Waals surface area contributed by atoms with Gasteiger partial charge in [0.15, 0.2) is 0 Å². The van der Waals surface area contributed by atoms with Crippen molar-refractivity contribution < 1.29 is 28.7 Å². The van der Waals surface area contributed by atoms with Crippen molar-refractivity contribution in [2.24, 2.45) is 0 Å². The van der Waals surface area contributed by atoms with Crippen molar-refractivity contribution in [2.75, 3.05) is 34.3 Å². The number of hydrogen-bond acceptors (Lipinski definition) is 4. The molecule has 0 spiro atoms. The van der Waals surface area contributed by atoms with Gasteiger partial charge in [0.2, 0.25) is 0 Å². The van der Waals surface area contributed by atoms with Crippen molar-refractivity contribution >= 4 is 17.4 Å². The van der Waals surface area contributed by atoms with E-state index in [1.54, 1.807) is 37.4 Å². The van der Waals surface area contributed by atoms with Gasteiger partial charge < -0.3 is 19.6 Å². The van der Waals surface area contributed by atoms with Crippen molar-refractivity contribution in [3.63, 3.8) is 0 Å². The summed E-state index contributed by atoms with van der Waals surface area (Å²) in [7, 11) is 5.58. The molecular weight excluding hydrogens is 399 g/mol. The smallest absolute Gasteiger partial charge is 0.295 e. The second-order valence-corrected chi connectivity index (χ2v) is 8.04. The molecule has 1 aliphatic heterocycles. The lowest BCUT2D eigenvalue weighted by molar-refractivity contribution is -0.858. The van der Waals surface area contributed by atoms with Crippen molar-refractivity contribution in [2.45, 2.75) is 19.4 Å². The number of nitrogens with zero attached hydrogens (tertiary/aromatic N) is 1. The quantitative estimate of drug-likeness (QED) is 0.403. The summed E-state index contributed by atoms with van der Waals surface area (Å²) < 4.78 is 18.8. The number of ketones is 1. The molecule has 2 N–H and O–H groups in total. The first-order valence-electron chi connectivity index (χ1n) is 10.2. The van der Waals surface area contributed by atoms with Crippen LogP contribution in [0, 0.1) is 12.7 Å². The van der Waals surface area contributed by atoms with Crippen LogP contribution in [0.2, 0.25) is 0 Å². The predicted octanol–water partition coefficient (Wildman–Crippen LogP) is 2.10. The SMILES string of the molecule is COc1ccc(/C(O)=C2\C(=O)C(=O)N(CCC[NH+](C)C)[C@H]2c2ccc(F)cc2)cc1C. The Morgan fingerprint density at radius 3 is 2.42 bits per heavy atom. The van der Waals surface area contributed by atoms with Gasteiger partial charge in [-0.05, 0) is 48.4 Å². The van der Waals surface area contributed by atoms with E-state index in [-0.39, 0.29) is 11.3 Å². The average Bonchev–Trinajstić information content (AvgIpc) is 2.98. The molecule has 1 amide bonds. The lowest BCUT2D eigenvalue weighted by atomic mass is 9.94. The van der Waals surface area contributed by atoms with E-state index in [4.69, 9.17) is 4.74 Å². The molecule has 31 heavy (non-hydrogen) atoms. The Bertz CT molecular complexity index is 1010. The average molecular weight is 427 g/mol. The second kappa shape index (κ2) is 9.31. The Hall–Kier alpha value is -3.19. The molecule has 2 aromatic carbocycles. The standard InChI is InChI=1S/C24H27FN2O4/c1-15-14-17(8-11-19(15)31-4)22(28)20-21(16-6-9-18(25)10-7-16)27(24(30)23(20)29)13-5-12-26(2)3/h6-11,14,21,28H,5,12-13H2,1-4H3/p+1/b22-20+/t21-/m0/s1. The minimum Gasteiger partial charge on any atom is -0.507 e. The Morgan fingerprint density at radius 2 is 1.84 bits per heavy atom. The number of halogens is 1. The van der Waals surface area contributed by atoms with Gasteiger partial charge in [-0.15, -0.1) is 0 Å². The summed E-state index contributed by atoms with van der Waals surface area (Å²) in [5, 5.41) is 11.1. The number of carbonyl (C=O) groups excluding carboxylic acids is 2. The lowest BCUT2D eigenvalue weighted by Crippen LogP contribution is -3.05. The van der Waals surface area contributed by atoms with Gasteiger partial charge >= 0.3 is 0 Å². The molecule has 3 rings (SSSR count). The van der Waals surface area contributed by atoms with Crippen LogP contribution in [0.4, 0.5) is 4.39 Å². The molecule has 0 bridgehead atoms. The van der Waals surface area contributed by atoms with Crippen LogP contribution >= 0.6 is 0 Å². The first kappa shape index (κ1) is 22.5. The molecule has 0 unspecified atom stereocenters. The maximum absolute atomic E-state index is 13.5. The number of carbonyl (C=O) groups is 2. The molecule has 0 saturated carbocycles. The van der Waals surface area contributed by atoms with E-state index in [0.29, 0.717) is 29.8 Å². The van der Waals surface area contributed by atoms with Gasteiger partial charge in [-0.1, -0.05) is 12.1 Å². The van der Waals surface area contributed by atoms with Crippen LogP contribution in [-0.4, -0.2) is 56.0 Å². The summed E-state index contributed by atoms with van der Waals surface area (Å²) >= 11 is 0. The molecule has 0 aromatic heterocycles. The molecule has 164 valence electrons. The van der Waals surface area contributed by atoms with E-state index in [1.807, 2.05) is 21.0 Å². The van der Waals surface area contributed by atoms with E-state index < -0.39 is 23.5 Å². The molecule has 1 heterocycles. The highest BCUT2D eigenvalue weighted by Crippen LogP contribution is 2.39. The number of hydrogen-bond donors (Lipinski definition) is 2. The molecule has 0 radical (unpaired) electrons. The third-order valence-corrected chi connectivity index (χ3v) is 5.47. The summed E-state index contributed by atoms with van der Waals surface area (Å²) in [5.41, 5.74) is 1.79. The van der Waals surface area contributed by atoms with Crippen molar-refractivity contribution in [3.05, 3.63) is 70.5 Å². The van der Waals surface area contributed by atoms with Crippen LogP contribution in [0.5, 0.6) is 5.75 Å². The minimum absolute atomic E-state index is 0.0124. The number of aliphatic hydroxyl groups excluding tert-OH is 1. The highest BCUT2D eigenvalue weighted by atomic mass is 19.1. The van der Waals surface area contributed by atoms with Crippen LogP contribution in [0.1, 0.15) is 29.2 Å². The largest absolute Gasteiger partial charge is 0.507 e. The Labute approximate surface area is 181 Å². The summed E-state index contributed by atoms with van der Waals surface area (Å²) in [6.07, 6.45) is 0.689. The van der Waals surface area contributed by atoms with Crippen LogP contribution in [0.15, 0.2) is 48.0 Å². The second-order valence-electron chi connectivity index (χ2n) is 8.04. The number of ether oxygens (including phenoxy) is 1. The number of rotatable bonds is 7. The molecule has 0 aliphatic carbocycles. The van der Waals surface area contributed by atoms with Crippen LogP contribution < -0.4 is 9.64 Å².